The summed E-state index contributed by atoms with van der Waals surface area (Å²) < 4.78 is 12.0. The molecule has 1 N–H and O–H groups in total. The number of carbonyl (C=O) groups is 2. The number of carbonyl (C=O) groups excluding carboxylic acids is 2. The van der Waals surface area contributed by atoms with E-state index in [4.69, 9.17) is 9.47 Å². The monoisotopic (exact) mass is 494 g/mol. The van der Waals surface area contributed by atoms with Crippen LogP contribution in [0.1, 0.15) is 35.0 Å². The first-order valence-electron chi connectivity index (χ1n) is 10.0. The lowest BCUT2D eigenvalue weighted by molar-refractivity contribution is -0.122. The van der Waals surface area contributed by atoms with Crippen LogP contribution in [0.3, 0.4) is 0 Å². The lowest BCUT2D eigenvalue weighted by atomic mass is 9.74. The largest absolute Gasteiger partial charge is 0.494 e. The number of benzene rings is 1. The van der Waals surface area contributed by atoms with Crippen LogP contribution in [-0.2, 0) is 14.9 Å². The smallest absolute Gasteiger partial charge is 0.264 e. The van der Waals surface area contributed by atoms with Crippen molar-refractivity contribution in [2.24, 2.45) is 0 Å². The summed E-state index contributed by atoms with van der Waals surface area (Å²) in [6.45, 7) is 4.44. The predicted molar refractivity (Wildman–Crippen MR) is 121 cm³/mol. The van der Waals surface area contributed by atoms with E-state index in [0.29, 0.717) is 31.2 Å². The topological polar surface area (TPSA) is 67.9 Å². The number of nitrogens with zero attached hydrogens (tertiary/aromatic N) is 1. The van der Waals surface area contributed by atoms with Gasteiger partial charge in [0.05, 0.1) is 21.8 Å². The van der Waals surface area contributed by atoms with Gasteiger partial charge in [-0.05, 0) is 65.5 Å². The number of halogens is 1. The first kappa shape index (κ1) is 22.8. The molecule has 2 aromatic rings. The van der Waals surface area contributed by atoms with Crippen molar-refractivity contribution in [1.29, 1.82) is 0 Å². The Labute approximate surface area is 189 Å². The fourth-order valence-corrected chi connectivity index (χ4v) is 5.01. The average molecular weight is 495 g/mol. The Morgan fingerprint density at radius 3 is 2.50 bits per heavy atom. The van der Waals surface area contributed by atoms with E-state index in [1.54, 1.807) is 13.1 Å². The highest BCUT2D eigenvalue weighted by atomic mass is 79.9. The van der Waals surface area contributed by atoms with Gasteiger partial charge in [-0.3, -0.25) is 9.59 Å². The summed E-state index contributed by atoms with van der Waals surface area (Å²) >= 11 is 4.72. The van der Waals surface area contributed by atoms with Crippen molar-refractivity contribution in [2.45, 2.75) is 25.2 Å². The molecule has 1 fully saturated rings. The maximum absolute atomic E-state index is 12.6. The van der Waals surface area contributed by atoms with Gasteiger partial charge < -0.3 is 19.7 Å². The minimum absolute atomic E-state index is 0.0181. The molecule has 2 amide bonds. The van der Waals surface area contributed by atoms with Gasteiger partial charge in [-0.1, -0.05) is 12.1 Å². The highest BCUT2D eigenvalue weighted by Gasteiger charge is 2.35. The Morgan fingerprint density at radius 1 is 1.20 bits per heavy atom. The van der Waals surface area contributed by atoms with Crippen molar-refractivity contribution < 1.29 is 19.1 Å². The van der Waals surface area contributed by atoms with E-state index in [1.807, 2.05) is 25.1 Å². The van der Waals surface area contributed by atoms with Crippen LogP contribution >= 0.6 is 27.3 Å². The molecule has 0 bridgehead atoms. The Kier molecular flexibility index (Phi) is 7.91. The third-order valence-electron chi connectivity index (χ3n) is 5.36. The van der Waals surface area contributed by atoms with Gasteiger partial charge >= 0.3 is 0 Å². The first-order chi connectivity index (χ1) is 14.4. The zero-order valence-corrected chi connectivity index (χ0v) is 19.7. The number of hydrogen-bond acceptors (Lipinski definition) is 5. The van der Waals surface area contributed by atoms with Crippen molar-refractivity contribution in [3.8, 4) is 5.75 Å². The van der Waals surface area contributed by atoms with Gasteiger partial charge in [0.25, 0.3) is 5.91 Å². The highest BCUT2D eigenvalue weighted by Crippen LogP contribution is 2.35. The number of likely N-dealkylation sites (N-methyl/N-ethyl adjacent to an activating group) is 1. The molecule has 1 saturated heterocycles. The lowest BCUT2D eigenvalue weighted by Gasteiger charge is -2.38. The Morgan fingerprint density at radius 2 is 1.90 bits per heavy atom. The molecule has 0 saturated carbocycles. The lowest BCUT2D eigenvalue weighted by Crippen LogP contribution is -2.47. The van der Waals surface area contributed by atoms with E-state index in [2.05, 4.69) is 33.4 Å². The fourth-order valence-electron chi connectivity index (χ4n) is 3.63. The number of nitrogens with one attached hydrogen (secondary N) is 1. The quantitative estimate of drug-likeness (QED) is 0.605. The first-order valence-corrected chi connectivity index (χ1v) is 11.6. The molecule has 1 aromatic heterocycles. The van der Waals surface area contributed by atoms with Gasteiger partial charge in [-0.25, -0.2) is 0 Å². The SMILES string of the molecule is CCOc1ccc(C2(CNC(=O)CN(C)C(=O)c3ccc(Br)s3)CCOCC2)cc1. The van der Waals surface area contributed by atoms with Gasteiger partial charge in [-0.2, -0.15) is 0 Å². The van der Waals surface area contributed by atoms with Crippen molar-refractivity contribution in [3.63, 3.8) is 0 Å². The fraction of sp³-hybridized carbons (Fsp3) is 0.455. The second-order valence-corrected chi connectivity index (χ2v) is 9.85. The molecule has 2 heterocycles. The van der Waals surface area contributed by atoms with Gasteiger partial charge in [0.2, 0.25) is 5.91 Å². The number of hydrogen-bond donors (Lipinski definition) is 1. The van der Waals surface area contributed by atoms with Crippen LogP contribution in [0, 0.1) is 0 Å². The van der Waals surface area contributed by atoms with Gasteiger partial charge in [0.15, 0.2) is 0 Å². The molecule has 162 valence electrons. The summed E-state index contributed by atoms with van der Waals surface area (Å²) in [5, 5.41) is 3.05. The van der Waals surface area contributed by atoms with Crippen molar-refractivity contribution in [1.82, 2.24) is 10.2 Å². The second kappa shape index (κ2) is 10.4. The van der Waals surface area contributed by atoms with Crippen molar-refractivity contribution in [2.75, 3.05) is 40.0 Å². The predicted octanol–water partition coefficient (Wildman–Crippen LogP) is 3.85. The maximum Gasteiger partial charge on any atom is 0.264 e. The summed E-state index contributed by atoms with van der Waals surface area (Å²) in [5.74, 6) is 0.513. The minimum Gasteiger partial charge on any atom is -0.494 e. The molecule has 6 nitrogen and oxygen atoms in total. The number of thiophene rings is 1. The van der Waals surface area contributed by atoms with E-state index < -0.39 is 0 Å². The normalized spacial score (nSPS) is 15.4. The molecule has 0 radical (unpaired) electrons. The van der Waals surface area contributed by atoms with E-state index in [1.165, 1.54) is 21.8 Å². The molecule has 1 aromatic carbocycles. The highest BCUT2D eigenvalue weighted by molar-refractivity contribution is 9.11. The van der Waals surface area contributed by atoms with E-state index in [0.717, 1.165) is 22.4 Å². The number of amides is 2. The third-order valence-corrected chi connectivity index (χ3v) is 6.97. The summed E-state index contributed by atoms with van der Waals surface area (Å²) in [4.78, 5) is 27.1. The summed E-state index contributed by atoms with van der Waals surface area (Å²) in [5.41, 5.74) is 0.988. The molecule has 0 atom stereocenters. The van der Waals surface area contributed by atoms with E-state index >= 15 is 0 Å². The Balaban J connectivity index is 1.62. The summed E-state index contributed by atoms with van der Waals surface area (Å²) in [7, 11) is 1.65. The number of ether oxygens (including phenoxy) is 2. The molecular weight excluding hydrogens is 468 g/mol. The van der Waals surface area contributed by atoms with E-state index in [9.17, 15) is 9.59 Å². The third kappa shape index (κ3) is 5.62. The molecule has 1 aliphatic rings. The molecule has 8 heteroatoms. The molecule has 3 rings (SSSR count). The van der Waals surface area contributed by atoms with Gasteiger partial charge in [0, 0.05) is 32.2 Å². The Hall–Kier alpha value is -1.90. The molecule has 1 aliphatic heterocycles. The van der Waals surface area contributed by atoms with Crippen LogP contribution in [0.4, 0.5) is 0 Å². The summed E-state index contributed by atoms with van der Waals surface area (Å²) in [6, 6.07) is 11.7. The van der Waals surface area contributed by atoms with Crippen molar-refractivity contribution in [3.05, 3.63) is 50.6 Å². The number of rotatable bonds is 8. The second-order valence-electron chi connectivity index (χ2n) is 7.39. The summed E-state index contributed by atoms with van der Waals surface area (Å²) in [6.07, 6.45) is 1.67. The standard InChI is InChI=1S/C22H27BrN2O4S/c1-3-29-17-6-4-16(5-7-17)22(10-12-28-13-11-22)15-24-20(26)14-25(2)21(27)18-8-9-19(23)30-18/h4-9H,3,10-15H2,1-2H3,(H,24,26). The van der Waals surface area contributed by atoms with Crippen LogP contribution in [-0.4, -0.2) is 56.7 Å². The van der Waals surface area contributed by atoms with Crippen LogP contribution in [0.25, 0.3) is 0 Å². The molecule has 0 unspecified atom stereocenters. The Bertz CT molecular complexity index is 862. The zero-order chi connectivity index (χ0) is 21.6. The van der Waals surface area contributed by atoms with Crippen LogP contribution in [0.2, 0.25) is 0 Å². The zero-order valence-electron chi connectivity index (χ0n) is 17.3. The van der Waals surface area contributed by atoms with Gasteiger partial charge in [-0.15, -0.1) is 11.3 Å². The van der Waals surface area contributed by atoms with Crippen LogP contribution in [0.5, 0.6) is 5.75 Å². The van der Waals surface area contributed by atoms with Crippen molar-refractivity contribution >= 4 is 39.1 Å². The van der Waals surface area contributed by atoms with Gasteiger partial charge in [0.1, 0.15) is 5.75 Å². The maximum atomic E-state index is 12.6. The van der Waals surface area contributed by atoms with Crippen LogP contribution < -0.4 is 10.1 Å². The molecular formula is C22H27BrN2O4S. The van der Waals surface area contributed by atoms with E-state index in [-0.39, 0.29) is 23.8 Å². The van der Waals surface area contributed by atoms with Crippen LogP contribution in [0.15, 0.2) is 40.2 Å². The molecule has 0 spiro atoms. The average Bonchev–Trinajstić information content (AvgIpc) is 3.19. The molecule has 30 heavy (non-hydrogen) atoms. The molecule has 0 aliphatic carbocycles. The minimum atomic E-state index is -0.181.